The lowest BCUT2D eigenvalue weighted by atomic mass is 10.0. The number of para-hydroxylation sites is 1. The quantitative estimate of drug-likeness (QED) is 0.922. The number of amides is 1. The number of aromatic amines is 1. The highest BCUT2D eigenvalue weighted by atomic mass is 16.5. The van der Waals surface area contributed by atoms with Crippen molar-refractivity contribution in [1.82, 2.24) is 14.8 Å². The van der Waals surface area contributed by atoms with Crippen molar-refractivity contribution in [3.8, 4) is 0 Å². The Hall–Kier alpha value is -1.85. The Morgan fingerprint density at radius 1 is 1.33 bits per heavy atom. The Balaban J connectivity index is 1.49. The Labute approximate surface area is 141 Å². The highest BCUT2D eigenvalue weighted by molar-refractivity contribution is 5.87. The predicted octanol–water partition coefficient (Wildman–Crippen LogP) is 2.32. The van der Waals surface area contributed by atoms with E-state index in [9.17, 15) is 4.79 Å². The van der Waals surface area contributed by atoms with Gasteiger partial charge >= 0.3 is 0 Å². The molecule has 3 aliphatic rings. The molecule has 4 heterocycles. The number of likely N-dealkylation sites (tertiary alicyclic amines) is 1. The van der Waals surface area contributed by atoms with E-state index in [0.29, 0.717) is 13.0 Å². The van der Waals surface area contributed by atoms with Crippen molar-refractivity contribution in [2.24, 2.45) is 0 Å². The van der Waals surface area contributed by atoms with Crippen LogP contribution in [0.1, 0.15) is 29.7 Å². The van der Waals surface area contributed by atoms with Crippen LogP contribution in [0.2, 0.25) is 0 Å². The summed E-state index contributed by atoms with van der Waals surface area (Å²) in [7, 11) is 0. The standard InChI is InChI=1S/C19H23N3O2/c1-12-13(2)20-18-14(4-3-5-15(12)18)11-21-7-6-19-16(21)10-17(23)22(19)8-9-24-19/h3-5,16,20H,6-11H2,1-2H3/t16-,19+/m1/s1. The fourth-order valence-electron chi connectivity index (χ4n) is 4.96. The van der Waals surface area contributed by atoms with Gasteiger partial charge in [-0.15, -0.1) is 0 Å². The molecule has 0 aliphatic carbocycles. The van der Waals surface area contributed by atoms with Crippen molar-refractivity contribution in [2.75, 3.05) is 19.7 Å². The molecule has 1 N–H and O–H groups in total. The Morgan fingerprint density at radius 3 is 3.08 bits per heavy atom. The van der Waals surface area contributed by atoms with Crippen LogP contribution in [0.3, 0.4) is 0 Å². The molecule has 1 spiro atoms. The summed E-state index contributed by atoms with van der Waals surface area (Å²) in [6.45, 7) is 7.60. The van der Waals surface area contributed by atoms with Crippen LogP contribution in [0.25, 0.3) is 10.9 Å². The molecule has 1 aromatic carbocycles. The molecule has 5 nitrogen and oxygen atoms in total. The van der Waals surface area contributed by atoms with E-state index in [1.165, 1.54) is 27.7 Å². The number of nitrogens with one attached hydrogen (secondary N) is 1. The maximum absolute atomic E-state index is 12.3. The molecule has 0 saturated carbocycles. The number of carbonyl (C=O) groups excluding carboxylic acids is 1. The van der Waals surface area contributed by atoms with Gasteiger partial charge in [0.25, 0.3) is 0 Å². The number of aryl methyl sites for hydroxylation is 2. The molecule has 1 aromatic heterocycles. The van der Waals surface area contributed by atoms with Gasteiger partial charge in [-0.25, -0.2) is 0 Å². The first-order valence-corrected chi connectivity index (χ1v) is 8.85. The summed E-state index contributed by atoms with van der Waals surface area (Å²) in [6.07, 6.45) is 1.53. The molecule has 3 aliphatic heterocycles. The molecule has 5 heteroatoms. The minimum Gasteiger partial charge on any atom is -0.358 e. The van der Waals surface area contributed by atoms with Crippen molar-refractivity contribution in [3.05, 3.63) is 35.0 Å². The normalized spacial score (nSPS) is 29.7. The third-order valence-electron chi connectivity index (χ3n) is 6.31. The fourth-order valence-corrected chi connectivity index (χ4v) is 4.96. The Kier molecular flexibility index (Phi) is 2.92. The molecule has 0 bridgehead atoms. The van der Waals surface area contributed by atoms with Crippen molar-refractivity contribution >= 4 is 16.8 Å². The van der Waals surface area contributed by atoms with Gasteiger partial charge in [-0.2, -0.15) is 0 Å². The zero-order valence-electron chi connectivity index (χ0n) is 14.3. The summed E-state index contributed by atoms with van der Waals surface area (Å²) in [6, 6.07) is 6.72. The van der Waals surface area contributed by atoms with E-state index >= 15 is 0 Å². The van der Waals surface area contributed by atoms with Crippen LogP contribution in [0.4, 0.5) is 0 Å². The van der Waals surface area contributed by atoms with Crippen LogP contribution >= 0.6 is 0 Å². The number of carbonyl (C=O) groups is 1. The van der Waals surface area contributed by atoms with E-state index in [4.69, 9.17) is 4.74 Å². The molecular formula is C19H23N3O2. The molecule has 1 amide bonds. The number of ether oxygens (including phenoxy) is 1. The van der Waals surface area contributed by atoms with Crippen LogP contribution in [0.15, 0.2) is 18.2 Å². The number of rotatable bonds is 2. The van der Waals surface area contributed by atoms with E-state index in [1.54, 1.807) is 0 Å². The van der Waals surface area contributed by atoms with E-state index < -0.39 is 0 Å². The monoisotopic (exact) mass is 325 g/mol. The first-order chi connectivity index (χ1) is 11.6. The SMILES string of the molecule is Cc1[nH]c2c(CN3CC[C@@]45OCCN4C(=O)C[C@@H]35)cccc2c1C. The van der Waals surface area contributed by atoms with Crippen molar-refractivity contribution < 1.29 is 9.53 Å². The smallest absolute Gasteiger partial charge is 0.226 e. The molecule has 5 rings (SSSR count). The predicted molar refractivity (Wildman–Crippen MR) is 91.6 cm³/mol. The summed E-state index contributed by atoms with van der Waals surface area (Å²) in [5.41, 5.74) is 4.77. The lowest BCUT2D eigenvalue weighted by Gasteiger charge is -2.31. The zero-order valence-corrected chi connectivity index (χ0v) is 14.3. The van der Waals surface area contributed by atoms with Gasteiger partial charge in [-0.05, 0) is 25.0 Å². The van der Waals surface area contributed by atoms with Crippen LogP contribution in [0.5, 0.6) is 0 Å². The third kappa shape index (κ3) is 1.74. The first kappa shape index (κ1) is 14.5. The second-order valence-electron chi connectivity index (χ2n) is 7.39. The number of nitrogens with zero attached hydrogens (tertiary/aromatic N) is 2. The highest BCUT2D eigenvalue weighted by Crippen LogP contribution is 2.46. The summed E-state index contributed by atoms with van der Waals surface area (Å²) < 4.78 is 6.09. The molecule has 24 heavy (non-hydrogen) atoms. The van der Waals surface area contributed by atoms with Crippen molar-refractivity contribution in [3.63, 3.8) is 0 Å². The van der Waals surface area contributed by atoms with Crippen LogP contribution < -0.4 is 0 Å². The maximum atomic E-state index is 12.3. The fraction of sp³-hybridized carbons (Fsp3) is 0.526. The lowest BCUT2D eigenvalue weighted by molar-refractivity contribution is -0.136. The average Bonchev–Trinajstić information content (AvgIpc) is 3.27. The number of hydrogen-bond acceptors (Lipinski definition) is 3. The van der Waals surface area contributed by atoms with Gasteiger partial charge in [0.2, 0.25) is 5.91 Å². The van der Waals surface area contributed by atoms with Crippen molar-refractivity contribution in [1.29, 1.82) is 0 Å². The first-order valence-electron chi connectivity index (χ1n) is 8.85. The second-order valence-corrected chi connectivity index (χ2v) is 7.39. The number of aromatic nitrogens is 1. The van der Waals surface area contributed by atoms with Crippen LogP contribution in [-0.4, -0.2) is 52.2 Å². The highest BCUT2D eigenvalue weighted by Gasteiger charge is 2.61. The minimum absolute atomic E-state index is 0.194. The van der Waals surface area contributed by atoms with Crippen LogP contribution in [0, 0.1) is 13.8 Å². The molecule has 126 valence electrons. The molecule has 2 atom stereocenters. The van der Waals surface area contributed by atoms with Gasteiger partial charge in [0.05, 0.1) is 18.2 Å². The molecule has 0 unspecified atom stereocenters. The van der Waals surface area contributed by atoms with E-state index in [-0.39, 0.29) is 17.7 Å². The van der Waals surface area contributed by atoms with Gasteiger partial charge in [-0.3, -0.25) is 9.69 Å². The Bertz CT molecular complexity index is 842. The van der Waals surface area contributed by atoms with E-state index in [2.05, 4.69) is 41.9 Å². The largest absolute Gasteiger partial charge is 0.358 e. The topological polar surface area (TPSA) is 48.6 Å². The summed E-state index contributed by atoms with van der Waals surface area (Å²) in [5, 5.41) is 1.31. The zero-order chi connectivity index (χ0) is 16.5. The van der Waals surface area contributed by atoms with Gasteiger partial charge in [0, 0.05) is 43.6 Å². The molecule has 3 saturated heterocycles. The molecule has 2 aromatic rings. The third-order valence-corrected chi connectivity index (χ3v) is 6.31. The number of H-pyrrole nitrogens is 1. The number of fused-ring (bicyclic) bond motifs is 1. The number of hydrogen-bond donors (Lipinski definition) is 1. The summed E-state index contributed by atoms with van der Waals surface area (Å²) >= 11 is 0. The van der Waals surface area contributed by atoms with Gasteiger partial charge in [0.15, 0.2) is 5.72 Å². The molecular weight excluding hydrogens is 302 g/mol. The Morgan fingerprint density at radius 2 is 2.21 bits per heavy atom. The molecule has 3 fully saturated rings. The van der Waals surface area contributed by atoms with E-state index in [0.717, 1.165) is 26.1 Å². The summed E-state index contributed by atoms with van der Waals surface area (Å²) in [5.74, 6) is 0.256. The maximum Gasteiger partial charge on any atom is 0.226 e. The van der Waals surface area contributed by atoms with Crippen LogP contribution in [-0.2, 0) is 16.1 Å². The second kappa shape index (κ2) is 4.83. The molecule has 0 radical (unpaired) electrons. The average molecular weight is 325 g/mol. The minimum atomic E-state index is -0.341. The number of benzene rings is 1. The van der Waals surface area contributed by atoms with E-state index in [1.807, 2.05) is 4.90 Å². The lowest BCUT2D eigenvalue weighted by Crippen LogP contribution is -2.47. The summed E-state index contributed by atoms with van der Waals surface area (Å²) in [4.78, 5) is 20.3. The van der Waals surface area contributed by atoms with Gasteiger partial charge in [-0.1, -0.05) is 18.2 Å². The van der Waals surface area contributed by atoms with Crippen molar-refractivity contribution in [2.45, 2.75) is 45.0 Å². The van der Waals surface area contributed by atoms with Gasteiger partial charge < -0.3 is 14.6 Å². The van der Waals surface area contributed by atoms with Gasteiger partial charge in [0.1, 0.15) is 0 Å².